The average Bonchev–Trinajstić information content (AvgIpc) is 2.94. The van der Waals surface area contributed by atoms with Crippen LogP contribution in [0, 0.1) is 11.3 Å². The zero-order chi connectivity index (χ0) is 15.3. The van der Waals surface area contributed by atoms with Gasteiger partial charge in [0, 0.05) is 6.42 Å². The van der Waals surface area contributed by atoms with E-state index in [1.54, 1.807) is 18.2 Å². The van der Waals surface area contributed by atoms with Crippen LogP contribution in [0.4, 0.5) is 5.13 Å². The molecule has 1 N–H and O–H groups in total. The molecule has 8 heteroatoms. The minimum Gasteiger partial charge on any atom is -0.302 e. The summed E-state index contributed by atoms with van der Waals surface area (Å²) in [6.07, 6.45) is 1.18. The van der Waals surface area contributed by atoms with Crippen molar-refractivity contribution in [2.75, 3.05) is 11.1 Å². The lowest BCUT2D eigenvalue weighted by Gasteiger charge is -2.04. The molecule has 6 nitrogen and oxygen atoms in total. The number of sulfone groups is 1. The molecule has 1 aromatic heterocycles. The molecule has 0 spiro atoms. The van der Waals surface area contributed by atoms with Crippen LogP contribution in [-0.2, 0) is 14.6 Å². The third-order valence-electron chi connectivity index (χ3n) is 2.56. The fraction of sp³-hybridized carbons (Fsp3) is 0.154. The standard InChI is InChI=1S/C13H11N3O3S2/c14-8-10-9-15-13(20-10)16-12(17)6-7-21(18,19)11-4-2-1-3-5-11/h1-5,9H,6-7H2,(H,15,16,17). The van der Waals surface area contributed by atoms with Crippen LogP contribution in [0.3, 0.4) is 0 Å². The van der Waals surface area contributed by atoms with Gasteiger partial charge in [-0.05, 0) is 12.1 Å². The Morgan fingerprint density at radius 3 is 2.67 bits per heavy atom. The fourth-order valence-corrected chi connectivity index (χ4v) is 3.43. The minimum atomic E-state index is -3.48. The van der Waals surface area contributed by atoms with Gasteiger partial charge >= 0.3 is 0 Å². The van der Waals surface area contributed by atoms with E-state index in [0.717, 1.165) is 11.3 Å². The number of hydrogen-bond donors (Lipinski definition) is 1. The first-order valence-corrected chi connectivity index (χ1v) is 8.42. The highest BCUT2D eigenvalue weighted by atomic mass is 32.2. The Bertz CT molecular complexity index is 776. The lowest BCUT2D eigenvalue weighted by molar-refractivity contribution is -0.115. The zero-order valence-corrected chi connectivity index (χ0v) is 12.4. The predicted octanol–water partition coefficient (Wildman–Crippen LogP) is 1.82. The van der Waals surface area contributed by atoms with E-state index in [4.69, 9.17) is 5.26 Å². The molecule has 2 rings (SSSR count). The second kappa shape index (κ2) is 6.47. The highest BCUT2D eigenvalue weighted by Crippen LogP contribution is 2.17. The van der Waals surface area contributed by atoms with Crippen molar-refractivity contribution in [3.63, 3.8) is 0 Å². The van der Waals surface area contributed by atoms with Crippen LogP contribution < -0.4 is 5.32 Å². The summed E-state index contributed by atoms with van der Waals surface area (Å²) in [5.74, 6) is -0.729. The monoisotopic (exact) mass is 321 g/mol. The normalized spacial score (nSPS) is 10.8. The van der Waals surface area contributed by atoms with Gasteiger partial charge in [0.15, 0.2) is 15.0 Å². The van der Waals surface area contributed by atoms with Crippen molar-refractivity contribution in [2.45, 2.75) is 11.3 Å². The first kappa shape index (κ1) is 15.2. The Morgan fingerprint density at radius 1 is 1.33 bits per heavy atom. The van der Waals surface area contributed by atoms with Gasteiger partial charge in [-0.1, -0.05) is 29.5 Å². The molecular weight excluding hydrogens is 310 g/mol. The summed E-state index contributed by atoms with van der Waals surface area (Å²) >= 11 is 1.04. The molecule has 0 aliphatic rings. The third kappa shape index (κ3) is 4.11. The van der Waals surface area contributed by atoms with Crippen LogP contribution >= 0.6 is 11.3 Å². The Balaban J connectivity index is 1.94. The largest absolute Gasteiger partial charge is 0.302 e. The van der Waals surface area contributed by atoms with Crippen molar-refractivity contribution in [1.29, 1.82) is 5.26 Å². The van der Waals surface area contributed by atoms with E-state index in [1.165, 1.54) is 18.3 Å². The summed E-state index contributed by atoms with van der Waals surface area (Å²) in [6, 6.07) is 9.88. The average molecular weight is 321 g/mol. The SMILES string of the molecule is N#Cc1cnc(NC(=O)CCS(=O)(=O)c2ccccc2)s1. The zero-order valence-electron chi connectivity index (χ0n) is 10.8. The van der Waals surface area contributed by atoms with Crippen molar-refractivity contribution in [3.8, 4) is 6.07 Å². The van der Waals surface area contributed by atoms with Gasteiger partial charge in [-0.15, -0.1) is 0 Å². The molecule has 1 aromatic carbocycles. The number of nitrogens with zero attached hydrogens (tertiary/aromatic N) is 2. The summed E-state index contributed by atoms with van der Waals surface area (Å²) in [4.78, 5) is 16.1. The van der Waals surface area contributed by atoms with Gasteiger partial charge in [0.1, 0.15) is 10.9 Å². The molecule has 0 atom stereocenters. The van der Waals surface area contributed by atoms with Gasteiger partial charge in [0.2, 0.25) is 5.91 Å². The Hall–Kier alpha value is -2.24. The first-order chi connectivity index (χ1) is 10.0. The number of carbonyl (C=O) groups is 1. The molecule has 0 bridgehead atoms. The van der Waals surface area contributed by atoms with Crippen molar-refractivity contribution in [2.24, 2.45) is 0 Å². The van der Waals surface area contributed by atoms with E-state index in [1.807, 2.05) is 6.07 Å². The van der Waals surface area contributed by atoms with E-state index in [-0.39, 0.29) is 22.2 Å². The van der Waals surface area contributed by atoms with Crippen LogP contribution in [0.5, 0.6) is 0 Å². The summed E-state index contributed by atoms with van der Waals surface area (Å²) < 4.78 is 24.0. The predicted molar refractivity (Wildman–Crippen MR) is 78.6 cm³/mol. The van der Waals surface area contributed by atoms with Crippen molar-refractivity contribution < 1.29 is 13.2 Å². The lowest BCUT2D eigenvalue weighted by atomic mass is 10.4. The molecule has 0 aliphatic carbocycles. The van der Waals surface area contributed by atoms with Gasteiger partial charge < -0.3 is 5.32 Å². The van der Waals surface area contributed by atoms with Gasteiger partial charge in [-0.3, -0.25) is 4.79 Å². The number of carbonyl (C=O) groups excluding carboxylic acids is 1. The molecule has 0 saturated heterocycles. The number of hydrogen-bond acceptors (Lipinski definition) is 6. The van der Waals surface area contributed by atoms with Crippen LogP contribution in [0.15, 0.2) is 41.4 Å². The topological polar surface area (TPSA) is 99.9 Å². The number of nitrogens with one attached hydrogen (secondary N) is 1. The van der Waals surface area contributed by atoms with E-state index < -0.39 is 15.7 Å². The van der Waals surface area contributed by atoms with Gasteiger partial charge in [0.05, 0.1) is 16.8 Å². The Labute approximate surface area is 126 Å². The summed E-state index contributed by atoms with van der Waals surface area (Å²) in [7, 11) is -3.48. The van der Waals surface area contributed by atoms with Gasteiger partial charge in [-0.2, -0.15) is 5.26 Å². The van der Waals surface area contributed by atoms with E-state index in [9.17, 15) is 13.2 Å². The number of thiazole rings is 1. The number of amides is 1. The highest BCUT2D eigenvalue weighted by Gasteiger charge is 2.16. The minimum absolute atomic E-state index is 0.168. The van der Waals surface area contributed by atoms with Crippen molar-refractivity contribution >= 4 is 32.2 Å². The fourth-order valence-electron chi connectivity index (χ4n) is 1.54. The maximum Gasteiger partial charge on any atom is 0.227 e. The highest BCUT2D eigenvalue weighted by molar-refractivity contribution is 7.91. The quantitative estimate of drug-likeness (QED) is 0.905. The van der Waals surface area contributed by atoms with Gasteiger partial charge in [0.25, 0.3) is 0 Å². The van der Waals surface area contributed by atoms with Crippen LogP contribution in [0.2, 0.25) is 0 Å². The van der Waals surface area contributed by atoms with Crippen molar-refractivity contribution in [1.82, 2.24) is 4.98 Å². The molecule has 1 amide bonds. The smallest absolute Gasteiger partial charge is 0.227 e. The number of anilines is 1. The third-order valence-corrected chi connectivity index (χ3v) is 5.11. The second-order valence-electron chi connectivity index (χ2n) is 4.07. The maximum atomic E-state index is 12.0. The maximum absolute atomic E-state index is 12.0. The van der Waals surface area contributed by atoms with Crippen LogP contribution in [0.25, 0.3) is 0 Å². The van der Waals surface area contributed by atoms with Crippen LogP contribution in [-0.4, -0.2) is 25.1 Å². The molecule has 0 fully saturated rings. The van der Waals surface area contributed by atoms with Gasteiger partial charge in [-0.25, -0.2) is 13.4 Å². The molecule has 108 valence electrons. The lowest BCUT2D eigenvalue weighted by Crippen LogP contribution is -2.17. The molecular formula is C13H11N3O3S2. The van der Waals surface area contributed by atoms with E-state index >= 15 is 0 Å². The van der Waals surface area contributed by atoms with E-state index in [2.05, 4.69) is 10.3 Å². The number of rotatable bonds is 5. The second-order valence-corrected chi connectivity index (χ2v) is 7.21. The number of benzene rings is 1. The van der Waals surface area contributed by atoms with Crippen LogP contribution in [0.1, 0.15) is 11.3 Å². The number of nitriles is 1. The first-order valence-electron chi connectivity index (χ1n) is 5.95. The Morgan fingerprint density at radius 2 is 2.05 bits per heavy atom. The molecule has 21 heavy (non-hydrogen) atoms. The number of aromatic nitrogens is 1. The molecule has 0 saturated carbocycles. The summed E-state index contributed by atoms with van der Waals surface area (Å²) in [5, 5.41) is 11.4. The molecule has 2 aromatic rings. The van der Waals surface area contributed by atoms with Crippen molar-refractivity contribution in [3.05, 3.63) is 41.4 Å². The molecule has 0 aliphatic heterocycles. The summed E-state index contributed by atoms with van der Waals surface area (Å²) in [5.41, 5.74) is 0. The Kier molecular flexibility index (Phi) is 4.67. The molecule has 1 heterocycles. The van der Waals surface area contributed by atoms with E-state index in [0.29, 0.717) is 4.88 Å². The molecule has 0 radical (unpaired) electrons. The molecule has 0 unspecified atom stereocenters. The summed E-state index contributed by atoms with van der Waals surface area (Å²) in [6.45, 7) is 0.